The molecule has 2 aromatic carbocycles. The number of nitrogen functional groups attached to an aromatic ring is 1. The first-order valence-corrected chi connectivity index (χ1v) is 8.59. The van der Waals surface area contributed by atoms with E-state index >= 15 is 0 Å². The van der Waals surface area contributed by atoms with E-state index in [0.717, 1.165) is 39.6 Å². The Morgan fingerprint density at radius 1 is 1.04 bits per heavy atom. The third kappa shape index (κ3) is 3.94. The summed E-state index contributed by atoms with van der Waals surface area (Å²) in [6.45, 7) is 5.98. The molecule has 0 saturated heterocycles. The predicted octanol–water partition coefficient (Wildman–Crippen LogP) is 4.52. The molecule has 26 heavy (non-hydrogen) atoms. The Labute approximate surface area is 154 Å². The van der Waals surface area contributed by atoms with Gasteiger partial charge in [0.1, 0.15) is 17.4 Å². The van der Waals surface area contributed by atoms with Crippen LogP contribution in [0.25, 0.3) is 11.3 Å². The third-order valence-electron chi connectivity index (χ3n) is 4.37. The second-order valence-corrected chi connectivity index (χ2v) is 6.40. The van der Waals surface area contributed by atoms with E-state index in [9.17, 15) is 0 Å². The predicted molar refractivity (Wildman–Crippen MR) is 106 cm³/mol. The number of aromatic nitrogens is 2. The minimum absolute atomic E-state index is 0.0790. The topological polar surface area (TPSA) is 73.1 Å². The normalized spacial score (nSPS) is 11.8. The van der Waals surface area contributed by atoms with Gasteiger partial charge in [-0.05, 0) is 50.1 Å². The molecule has 1 atom stereocenters. The number of nitrogens with zero attached hydrogens (tertiary/aromatic N) is 2. The van der Waals surface area contributed by atoms with Crippen molar-refractivity contribution in [2.24, 2.45) is 0 Å². The van der Waals surface area contributed by atoms with E-state index in [0.29, 0.717) is 5.82 Å². The van der Waals surface area contributed by atoms with Gasteiger partial charge in [-0.25, -0.2) is 9.97 Å². The lowest BCUT2D eigenvalue weighted by Gasteiger charge is -2.17. The van der Waals surface area contributed by atoms with E-state index in [1.54, 1.807) is 7.11 Å². The molecule has 0 bridgehead atoms. The van der Waals surface area contributed by atoms with Gasteiger partial charge in [-0.3, -0.25) is 0 Å². The fourth-order valence-corrected chi connectivity index (χ4v) is 2.81. The molecule has 0 amide bonds. The smallest absolute Gasteiger partial charge is 0.130 e. The number of nitrogens with one attached hydrogen (secondary N) is 1. The number of hydrogen-bond donors (Lipinski definition) is 2. The Morgan fingerprint density at radius 3 is 2.58 bits per heavy atom. The number of nitrogens with two attached hydrogens (primary N) is 1. The lowest BCUT2D eigenvalue weighted by atomic mass is 10.1. The van der Waals surface area contributed by atoms with Crippen LogP contribution in [0.5, 0.6) is 5.75 Å². The molecule has 1 unspecified atom stereocenters. The highest BCUT2D eigenvalue weighted by atomic mass is 16.5. The van der Waals surface area contributed by atoms with Gasteiger partial charge >= 0.3 is 0 Å². The monoisotopic (exact) mass is 348 g/mol. The summed E-state index contributed by atoms with van der Waals surface area (Å²) >= 11 is 0. The molecule has 1 heterocycles. The summed E-state index contributed by atoms with van der Waals surface area (Å²) < 4.78 is 5.31. The van der Waals surface area contributed by atoms with Crippen molar-refractivity contribution in [1.82, 2.24) is 9.97 Å². The molecule has 0 aliphatic heterocycles. The summed E-state index contributed by atoms with van der Waals surface area (Å²) in [5.41, 5.74) is 10.8. The number of aryl methyl sites for hydroxylation is 2. The summed E-state index contributed by atoms with van der Waals surface area (Å²) in [6, 6.07) is 16.0. The first-order valence-electron chi connectivity index (χ1n) is 8.59. The number of benzene rings is 2. The van der Waals surface area contributed by atoms with Crippen LogP contribution in [0.1, 0.15) is 29.9 Å². The van der Waals surface area contributed by atoms with Gasteiger partial charge < -0.3 is 15.8 Å². The molecule has 0 spiro atoms. The maximum Gasteiger partial charge on any atom is 0.130 e. The first-order chi connectivity index (χ1) is 12.5. The number of methoxy groups -OCH3 is 1. The minimum Gasteiger partial charge on any atom is -0.497 e. The van der Waals surface area contributed by atoms with Gasteiger partial charge in [-0.15, -0.1) is 0 Å². The van der Waals surface area contributed by atoms with E-state index < -0.39 is 0 Å². The zero-order valence-electron chi connectivity index (χ0n) is 15.6. The van der Waals surface area contributed by atoms with Crippen LogP contribution in [0.3, 0.4) is 0 Å². The van der Waals surface area contributed by atoms with Crippen LogP contribution in [0.15, 0.2) is 48.5 Å². The first kappa shape index (κ1) is 17.7. The van der Waals surface area contributed by atoms with Gasteiger partial charge in [0.25, 0.3) is 0 Å². The van der Waals surface area contributed by atoms with E-state index in [4.69, 9.17) is 10.5 Å². The molecule has 0 aliphatic carbocycles. The van der Waals surface area contributed by atoms with Crippen molar-refractivity contribution in [3.05, 3.63) is 65.5 Å². The van der Waals surface area contributed by atoms with Crippen molar-refractivity contribution in [2.45, 2.75) is 26.8 Å². The minimum atomic E-state index is 0.0790. The molecular weight excluding hydrogens is 324 g/mol. The number of hydrogen-bond acceptors (Lipinski definition) is 5. The Hall–Kier alpha value is -3.08. The summed E-state index contributed by atoms with van der Waals surface area (Å²) in [6.07, 6.45) is 0. The Kier molecular flexibility index (Phi) is 5.07. The molecule has 3 aromatic rings. The zero-order valence-corrected chi connectivity index (χ0v) is 15.6. The second-order valence-electron chi connectivity index (χ2n) is 6.40. The lowest BCUT2D eigenvalue weighted by Crippen LogP contribution is -2.09. The molecule has 0 aliphatic rings. The second kappa shape index (κ2) is 7.44. The molecule has 134 valence electrons. The SMILES string of the molecule is COc1cccc(C(C)Nc2cc(-c3ccc(C)c(N)c3)nc(C)n2)c1. The lowest BCUT2D eigenvalue weighted by molar-refractivity contribution is 0.414. The van der Waals surface area contributed by atoms with Gasteiger partial charge in [0.15, 0.2) is 0 Å². The van der Waals surface area contributed by atoms with E-state index in [1.807, 2.05) is 56.3 Å². The van der Waals surface area contributed by atoms with Crippen LogP contribution in [-0.4, -0.2) is 17.1 Å². The van der Waals surface area contributed by atoms with Crippen molar-refractivity contribution in [3.63, 3.8) is 0 Å². The standard InChI is InChI=1S/C21H24N4O/c1-13-8-9-17(11-19(13)22)20-12-21(25-15(3)24-20)23-14(2)16-6-5-7-18(10-16)26-4/h5-12,14H,22H2,1-4H3,(H,23,24,25). The molecule has 0 fully saturated rings. The third-order valence-corrected chi connectivity index (χ3v) is 4.37. The van der Waals surface area contributed by atoms with Crippen LogP contribution < -0.4 is 15.8 Å². The average Bonchev–Trinajstić information content (AvgIpc) is 2.63. The Balaban J connectivity index is 1.88. The largest absolute Gasteiger partial charge is 0.497 e. The van der Waals surface area contributed by atoms with Crippen molar-refractivity contribution in [1.29, 1.82) is 0 Å². The van der Waals surface area contributed by atoms with Crippen LogP contribution in [0.2, 0.25) is 0 Å². The van der Waals surface area contributed by atoms with Crippen molar-refractivity contribution in [3.8, 4) is 17.0 Å². The number of rotatable bonds is 5. The molecule has 3 rings (SSSR count). The molecule has 0 saturated carbocycles. The van der Waals surface area contributed by atoms with Gasteiger partial charge in [0.2, 0.25) is 0 Å². The van der Waals surface area contributed by atoms with E-state index in [-0.39, 0.29) is 6.04 Å². The maximum absolute atomic E-state index is 6.05. The zero-order chi connectivity index (χ0) is 18.7. The van der Waals surface area contributed by atoms with Crippen LogP contribution >= 0.6 is 0 Å². The Morgan fingerprint density at radius 2 is 1.85 bits per heavy atom. The van der Waals surface area contributed by atoms with Gasteiger partial charge in [-0.2, -0.15) is 0 Å². The quantitative estimate of drug-likeness (QED) is 0.663. The summed E-state index contributed by atoms with van der Waals surface area (Å²) in [5.74, 6) is 2.33. The highest BCUT2D eigenvalue weighted by molar-refractivity contribution is 5.68. The van der Waals surface area contributed by atoms with Crippen molar-refractivity contribution < 1.29 is 4.74 Å². The summed E-state index contributed by atoms with van der Waals surface area (Å²) in [5, 5.41) is 3.45. The van der Waals surface area contributed by atoms with E-state index in [1.165, 1.54) is 0 Å². The molecule has 5 nitrogen and oxygen atoms in total. The molecular formula is C21H24N4O. The summed E-state index contributed by atoms with van der Waals surface area (Å²) in [4.78, 5) is 9.08. The van der Waals surface area contributed by atoms with Gasteiger partial charge in [0, 0.05) is 17.3 Å². The fraction of sp³-hybridized carbons (Fsp3) is 0.238. The van der Waals surface area contributed by atoms with Crippen molar-refractivity contribution >= 4 is 11.5 Å². The molecule has 0 radical (unpaired) electrons. The molecule has 1 aromatic heterocycles. The molecule has 3 N–H and O–H groups in total. The number of ether oxygens (including phenoxy) is 1. The maximum atomic E-state index is 6.05. The van der Waals surface area contributed by atoms with Gasteiger partial charge in [0.05, 0.1) is 18.8 Å². The van der Waals surface area contributed by atoms with Crippen LogP contribution in [0, 0.1) is 13.8 Å². The van der Waals surface area contributed by atoms with Crippen LogP contribution in [-0.2, 0) is 0 Å². The van der Waals surface area contributed by atoms with Gasteiger partial charge in [-0.1, -0.05) is 24.3 Å². The Bertz CT molecular complexity index is 924. The highest BCUT2D eigenvalue weighted by Gasteiger charge is 2.10. The summed E-state index contributed by atoms with van der Waals surface area (Å²) in [7, 11) is 1.67. The van der Waals surface area contributed by atoms with E-state index in [2.05, 4.69) is 28.3 Å². The fourth-order valence-electron chi connectivity index (χ4n) is 2.81. The average molecular weight is 348 g/mol. The molecule has 5 heteroatoms. The number of anilines is 2. The van der Waals surface area contributed by atoms with Crippen molar-refractivity contribution in [2.75, 3.05) is 18.2 Å². The van der Waals surface area contributed by atoms with Crippen LogP contribution in [0.4, 0.5) is 11.5 Å². The highest BCUT2D eigenvalue weighted by Crippen LogP contribution is 2.26.